The highest BCUT2D eigenvalue weighted by molar-refractivity contribution is 7.89. The highest BCUT2D eigenvalue weighted by Crippen LogP contribution is 2.36. The van der Waals surface area contributed by atoms with Crippen LogP contribution in [0, 0.1) is 0 Å². The smallest absolute Gasteiger partial charge is 0.348 e. The lowest BCUT2D eigenvalue weighted by atomic mass is 10.00. The maximum absolute atomic E-state index is 12.2. The van der Waals surface area contributed by atoms with Gasteiger partial charge in [-0.05, 0) is 43.0 Å². The van der Waals surface area contributed by atoms with Crippen LogP contribution in [0.1, 0.15) is 43.8 Å². The van der Waals surface area contributed by atoms with E-state index in [4.69, 9.17) is 4.74 Å². The standard InChI is InChI=1S/C17H17NO3S3/c1-3-21-16(20)14-11-7-4-5-8-12(11)17(23-14)24(2)18-15(19)13-9-6-10-22-13/h5-6,8-10H,3-4,7H2,1-2H3/t24-/m1/s1. The van der Waals surface area contributed by atoms with Gasteiger partial charge < -0.3 is 4.74 Å². The molecule has 1 amide bonds. The Morgan fingerprint density at radius 1 is 1.42 bits per heavy atom. The Morgan fingerprint density at radius 2 is 2.25 bits per heavy atom. The van der Waals surface area contributed by atoms with E-state index in [1.807, 2.05) is 23.8 Å². The van der Waals surface area contributed by atoms with Crippen molar-refractivity contribution in [2.45, 2.75) is 24.0 Å². The van der Waals surface area contributed by atoms with Gasteiger partial charge in [0.15, 0.2) is 0 Å². The Labute approximate surface area is 151 Å². The molecule has 0 fully saturated rings. The molecule has 0 unspecified atom stereocenters. The van der Waals surface area contributed by atoms with Crippen LogP contribution in [0.2, 0.25) is 0 Å². The number of hydrogen-bond donors (Lipinski definition) is 0. The quantitative estimate of drug-likeness (QED) is 0.731. The monoisotopic (exact) mass is 379 g/mol. The van der Waals surface area contributed by atoms with E-state index in [1.165, 1.54) is 22.7 Å². The van der Waals surface area contributed by atoms with Gasteiger partial charge in [0, 0.05) is 5.56 Å². The molecule has 0 bridgehead atoms. The molecule has 1 aliphatic rings. The average molecular weight is 380 g/mol. The van der Waals surface area contributed by atoms with Crippen LogP contribution in [-0.4, -0.2) is 24.7 Å². The summed E-state index contributed by atoms with van der Waals surface area (Å²) >= 11 is 2.80. The van der Waals surface area contributed by atoms with Gasteiger partial charge in [-0.25, -0.2) is 4.79 Å². The Kier molecular flexibility index (Phi) is 5.43. The zero-order valence-electron chi connectivity index (χ0n) is 13.4. The number of rotatable bonds is 4. The summed E-state index contributed by atoms with van der Waals surface area (Å²) in [5.41, 5.74) is 2.08. The lowest BCUT2D eigenvalue weighted by molar-refractivity contribution is 0.0530. The third-order valence-electron chi connectivity index (χ3n) is 3.54. The van der Waals surface area contributed by atoms with Crippen molar-refractivity contribution in [2.24, 2.45) is 4.36 Å². The summed E-state index contributed by atoms with van der Waals surface area (Å²) in [6.45, 7) is 2.16. The van der Waals surface area contributed by atoms with Gasteiger partial charge in [0.2, 0.25) is 0 Å². The summed E-state index contributed by atoms with van der Waals surface area (Å²) in [5.74, 6) is -0.475. The first-order valence-electron chi connectivity index (χ1n) is 7.56. The summed E-state index contributed by atoms with van der Waals surface area (Å²) in [6, 6.07) is 3.62. The van der Waals surface area contributed by atoms with Crippen molar-refractivity contribution in [3.8, 4) is 0 Å². The minimum atomic E-state index is -0.596. The van der Waals surface area contributed by atoms with E-state index in [1.54, 1.807) is 13.0 Å². The van der Waals surface area contributed by atoms with Crippen LogP contribution >= 0.6 is 22.7 Å². The van der Waals surface area contributed by atoms with Gasteiger partial charge in [-0.2, -0.15) is 4.36 Å². The lowest BCUT2D eigenvalue weighted by Gasteiger charge is -2.08. The van der Waals surface area contributed by atoms with Crippen LogP contribution < -0.4 is 0 Å². The number of hydrogen-bond acceptors (Lipinski definition) is 5. The summed E-state index contributed by atoms with van der Waals surface area (Å²) < 4.78 is 10.5. The molecule has 1 aliphatic carbocycles. The van der Waals surface area contributed by atoms with Crippen molar-refractivity contribution in [1.82, 2.24) is 0 Å². The second-order valence-electron chi connectivity index (χ2n) is 5.12. The van der Waals surface area contributed by atoms with Crippen LogP contribution in [0.4, 0.5) is 0 Å². The second-order valence-corrected chi connectivity index (χ2v) is 8.90. The first-order chi connectivity index (χ1) is 11.6. The maximum atomic E-state index is 12.2. The van der Waals surface area contributed by atoms with E-state index in [2.05, 4.69) is 10.4 Å². The Morgan fingerprint density at radius 3 is 2.96 bits per heavy atom. The molecule has 24 heavy (non-hydrogen) atoms. The van der Waals surface area contributed by atoms with Crippen LogP contribution in [0.3, 0.4) is 0 Å². The minimum Gasteiger partial charge on any atom is -0.462 e. The molecule has 0 saturated carbocycles. The van der Waals surface area contributed by atoms with E-state index in [-0.39, 0.29) is 11.9 Å². The molecule has 0 aliphatic heterocycles. The number of amides is 1. The van der Waals surface area contributed by atoms with Gasteiger partial charge in [-0.3, -0.25) is 4.79 Å². The first-order valence-corrected chi connectivity index (χ1v) is 10.8. The molecule has 1 atom stereocenters. The molecule has 0 radical (unpaired) electrons. The molecule has 0 N–H and O–H groups in total. The molecule has 2 aromatic rings. The number of ether oxygens (including phenoxy) is 1. The van der Waals surface area contributed by atoms with Crippen molar-refractivity contribution in [3.63, 3.8) is 0 Å². The van der Waals surface area contributed by atoms with Crippen molar-refractivity contribution in [3.05, 3.63) is 44.5 Å². The number of allylic oxidation sites excluding steroid dienone is 1. The summed E-state index contributed by atoms with van der Waals surface area (Å²) in [7, 11) is -0.596. The zero-order valence-corrected chi connectivity index (χ0v) is 15.9. The summed E-state index contributed by atoms with van der Waals surface area (Å²) in [5, 5.41) is 1.87. The van der Waals surface area contributed by atoms with Crippen LogP contribution in [0.25, 0.3) is 6.08 Å². The predicted octanol–water partition coefficient (Wildman–Crippen LogP) is 4.58. The van der Waals surface area contributed by atoms with E-state index in [0.717, 1.165) is 28.2 Å². The molecular weight excluding hydrogens is 362 g/mol. The number of thiophene rings is 2. The van der Waals surface area contributed by atoms with Gasteiger partial charge in [-0.15, -0.1) is 22.7 Å². The van der Waals surface area contributed by atoms with Gasteiger partial charge in [0.1, 0.15) is 4.88 Å². The number of carbonyl (C=O) groups excluding carboxylic acids is 2. The van der Waals surface area contributed by atoms with E-state index >= 15 is 0 Å². The fourth-order valence-electron chi connectivity index (χ4n) is 2.49. The van der Waals surface area contributed by atoms with Crippen molar-refractivity contribution in [2.75, 3.05) is 12.9 Å². The summed E-state index contributed by atoms with van der Waals surface area (Å²) in [6.07, 6.45) is 7.81. The molecule has 7 heteroatoms. The van der Waals surface area contributed by atoms with E-state index in [9.17, 15) is 9.59 Å². The maximum Gasteiger partial charge on any atom is 0.348 e. The molecule has 2 heterocycles. The zero-order chi connectivity index (χ0) is 17.1. The van der Waals surface area contributed by atoms with Gasteiger partial charge in [-0.1, -0.05) is 28.9 Å². The normalized spacial score (nSPS) is 14.4. The average Bonchev–Trinajstić information content (AvgIpc) is 3.23. The Bertz CT molecular complexity index is 832. The van der Waals surface area contributed by atoms with Crippen LogP contribution in [-0.2, 0) is 21.8 Å². The number of carbonyl (C=O) groups is 2. The predicted molar refractivity (Wildman–Crippen MR) is 100 cm³/mol. The lowest BCUT2D eigenvalue weighted by Crippen LogP contribution is -2.06. The second kappa shape index (κ2) is 7.55. The molecule has 0 saturated heterocycles. The molecule has 0 aromatic carbocycles. The largest absolute Gasteiger partial charge is 0.462 e. The molecule has 0 spiro atoms. The molecule has 2 aromatic heterocycles. The number of nitrogens with zero attached hydrogens (tertiary/aromatic N) is 1. The van der Waals surface area contributed by atoms with Crippen molar-refractivity contribution >= 4 is 51.3 Å². The van der Waals surface area contributed by atoms with Crippen LogP contribution in [0.5, 0.6) is 0 Å². The SMILES string of the molecule is CCOC(=O)c1sc([S@@](C)=NC(=O)c2cccs2)c2c1CCC=C2. The van der Waals surface area contributed by atoms with Crippen molar-refractivity contribution < 1.29 is 14.3 Å². The fraction of sp³-hybridized carbons (Fsp3) is 0.294. The summed E-state index contributed by atoms with van der Waals surface area (Å²) in [4.78, 5) is 25.8. The van der Waals surface area contributed by atoms with Gasteiger partial charge in [0.05, 0.1) is 15.7 Å². The minimum absolute atomic E-state index is 0.199. The third-order valence-corrected chi connectivity index (χ3v) is 7.59. The molecule has 4 nitrogen and oxygen atoms in total. The molecule has 3 rings (SSSR count). The number of fused-ring (bicyclic) bond motifs is 1. The topological polar surface area (TPSA) is 55.7 Å². The highest BCUT2D eigenvalue weighted by atomic mass is 32.2. The van der Waals surface area contributed by atoms with Gasteiger partial charge in [0.25, 0.3) is 5.91 Å². The van der Waals surface area contributed by atoms with Crippen LogP contribution in [0.15, 0.2) is 32.2 Å². The number of esters is 1. The first kappa shape index (κ1) is 17.3. The highest BCUT2D eigenvalue weighted by Gasteiger charge is 2.24. The molecule has 126 valence electrons. The fourth-order valence-corrected chi connectivity index (χ4v) is 5.91. The third kappa shape index (κ3) is 3.43. The van der Waals surface area contributed by atoms with Gasteiger partial charge >= 0.3 is 5.97 Å². The van der Waals surface area contributed by atoms with E-state index in [0.29, 0.717) is 16.4 Å². The van der Waals surface area contributed by atoms with E-state index < -0.39 is 10.7 Å². The Balaban J connectivity index is 2.00. The molecular formula is C17H17NO3S3. The Hall–Kier alpha value is -1.57. The van der Waals surface area contributed by atoms with Crippen molar-refractivity contribution in [1.29, 1.82) is 0 Å².